The number of carbonyl (C=O) groups excluding carboxylic acids is 1. The van der Waals surface area contributed by atoms with Crippen molar-refractivity contribution in [3.8, 4) is 5.75 Å². The summed E-state index contributed by atoms with van der Waals surface area (Å²) in [6, 6.07) is 6.91. The van der Waals surface area contributed by atoms with Crippen LogP contribution in [0.2, 0.25) is 0 Å². The number of nitrogens with zero attached hydrogens (tertiary/aromatic N) is 2. The van der Waals surface area contributed by atoms with E-state index < -0.39 is 0 Å². The molecule has 1 fully saturated rings. The van der Waals surface area contributed by atoms with Gasteiger partial charge in [0.15, 0.2) is 0 Å². The molecule has 4 N–H and O–H groups in total. The molecule has 0 saturated carbocycles. The zero-order valence-corrected chi connectivity index (χ0v) is 14.6. The smallest absolute Gasteiger partial charge is 0.319 e. The molecule has 25 heavy (non-hydrogen) atoms. The number of nitrogens with one attached hydrogen (secondary N) is 2. The summed E-state index contributed by atoms with van der Waals surface area (Å²) in [6.07, 6.45) is 3.54. The van der Waals surface area contributed by atoms with Crippen LogP contribution in [0.4, 0.5) is 15.6 Å². The monoisotopic (exact) mass is 363 g/mol. The van der Waals surface area contributed by atoms with Gasteiger partial charge >= 0.3 is 6.03 Å². The zero-order valence-electron chi connectivity index (χ0n) is 13.7. The van der Waals surface area contributed by atoms with Crippen LogP contribution < -0.4 is 21.1 Å². The van der Waals surface area contributed by atoms with Gasteiger partial charge in [0, 0.05) is 12.3 Å². The van der Waals surface area contributed by atoms with E-state index in [-0.39, 0.29) is 18.7 Å². The normalized spacial score (nSPS) is 17.0. The van der Waals surface area contributed by atoms with Gasteiger partial charge in [-0.1, -0.05) is 11.3 Å². The van der Waals surface area contributed by atoms with Gasteiger partial charge in [0.05, 0.1) is 12.6 Å². The standard InChI is InChI=1S/C16H21N5O3S/c17-15-21-20-14(25-15)9-18-16(22)19-11-4-6-12(7-5-11)24-10-13-3-1-2-8-23-13/h4-7,13H,1-3,8-10H2,(H2,17,21)(H2,18,19,22)/t13-/m0/s1. The number of anilines is 2. The summed E-state index contributed by atoms with van der Waals surface area (Å²) < 4.78 is 11.4. The Kier molecular flexibility index (Phi) is 6.02. The van der Waals surface area contributed by atoms with E-state index in [1.54, 1.807) is 12.1 Å². The maximum absolute atomic E-state index is 11.9. The van der Waals surface area contributed by atoms with Gasteiger partial charge in [0.2, 0.25) is 5.13 Å². The van der Waals surface area contributed by atoms with Crippen LogP contribution in [0.1, 0.15) is 24.3 Å². The Morgan fingerprint density at radius 3 is 2.84 bits per heavy atom. The Hall–Kier alpha value is -2.39. The van der Waals surface area contributed by atoms with Crippen LogP contribution in [-0.2, 0) is 11.3 Å². The molecule has 1 aliphatic rings. The van der Waals surface area contributed by atoms with Crippen molar-refractivity contribution in [3.63, 3.8) is 0 Å². The molecule has 2 heterocycles. The van der Waals surface area contributed by atoms with Crippen LogP contribution in [0, 0.1) is 0 Å². The molecule has 2 aromatic rings. The topological polar surface area (TPSA) is 111 Å². The Bertz CT molecular complexity index is 685. The van der Waals surface area contributed by atoms with Crippen LogP contribution in [0.15, 0.2) is 24.3 Å². The molecule has 9 heteroatoms. The summed E-state index contributed by atoms with van der Waals surface area (Å²) in [7, 11) is 0. The summed E-state index contributed by atoms with van der Waals surface area (Å²) in [4.78, 5) is 11.9. The molecule has 134 valence electrons. The van der Waals surface area contributed by atoms with Crippen molar-refractivity contribution in [1.29, 1.82) is 0 Å². The number of amides is 2. The van der Waals surface area contributed by atoms with E-state index >= 15 is 0 Å². The number of nitrogen functional groups attached to an aromatic ring is 1. The average molecular weight is 363 g/mol. The first-order valence-corrected chi connectivity index (χ1v) is 8.98. The molecule has 1 atom stereocenters. The largest absolute Gasteiger partial charge is 0.491 e. The Labute approximate surface area is 149 Å². The van der Waals surface area contributed by atoms with E-state index in [1.165, 1.54) is 17.8 Å². The lowest BCUT2D eigenvalue weighted by atomic mass is 10.1. The molecule has 1 aliphatic heterocycles. The van der Waals surface area contributed by atoms with Crippen molar-refractivity contribution in [1.82, 2.24) is 15.5 Å². The van der Waals surface area contributed by atoms with Crippen molar-refractivity contribution in [2.75, 3.05) is 24.3 Å². The van der Waals surface area contributed by atoms with E-state index in [2.05, 4.69) is 20.8 Å². The number of aromatic nitrogens is 2. The van der Waals surface area contributed by atoms with Gasteiger partial charge in [0.1, 0.15) is 17.4 Å². The molecule has 0 bridgehead atoms. The fraction of sp³-hybridized carbons (Fsp3) is 0.438. The minimum absolute atomic E-state index is 0.173. The molecule has 0 aliphatic carbocycles. The Morgan fingerprint density at radius 1 is 1.32 bits per heavy atom. The molecule has 1 aromatic heterocycles. The van der Waals surface area contributed by atoms with Gasteiger partial charge in [-0.05, 0) is 43.5 Å². The maximum atomic E-state index is 11.9. The molecule has 0 spiro atoms. The van der Waals surface area contributed by atoms with Crippen LogP contribution in [-0.4, -0.2) is 35.5 Å². The van der Waals surface area contributed by atoms with Crippen molar-refractivity contribution < 1.29 is 14.3 Å². The minimum atomic E-state index is -0.321. The highest BCUT2D eigenvalue weighted by molar-refractivity contribution is 7.15. The van der Waals surface area contributed by atoms with Gasteiger partial charge in [0.25, 0.3) is 0 Å². The highest BCUT2D eigenvalue weighted by atomic mass is 32.1. The third-order valence-corrected chi connectivity index (χ3v) is 4.46. The highest BCUT2D eigenvalue weighted by Gasteiger charge is 2.14. The van der Waals surface area contributed by atoms with Gasteiger partial charge in [-0.3, -0.25) is 0 Å². The van der Waals surface area contributed by atoms with E-state index in [0.717, 1.165) is 25.2 Å². The number of hydrogen-bond donors (Lipinski definition) is 3. The Balaban J connectivity index is 1.41. The fourth-order valence-electron chi connectivity index (χ4n) is 2.43. The highest BCUT2D eigenvalue weighted by Crippen LogP contribution is 2.18. The number of benzene rings is 1. The number of rotatable bonds is 6. The van der Waals surface area contributed by atoms with Gasteiger partial charge in [-0.2, -0.15) is 0 Å². The summed E-state index contributed by atoms with van der Waals surface area (Å²) in [6.45, 7) is 1.65. The van der Waals surface area contributed by atoms with E-state index in [9.17, 15) is 4.79 Å². The van der Waals surface area contributed by atoms with E-state index in [0.29, 0.717) is 22.4 Å². The van der Waals surface area contributed by atoms with E-state index in [4.69, 9.17) is 15.2 Å². The lowest BCUT2D eigenvalue weighted by molar-refractivity contribution is -0.0110. The number of carbonyl (C=O) groups is 1. The second-order valence-corrected chi connectivity index (χ2v) is 6.76. The molecule has 1 saturated heterocycles. The molecule has 2 amide bonds. The lowest BCUT2D eigenvalue weighted by Crippen LogP contribution is -2.28. The second-order valence-electron chi connectivity index (χ2n) is 5.67. The third kappa shape index (κ3) is 5.57. The SMILES string of the molecule is Nc1nnc(CNC(=O)Nc2ccc(OC[C@@H]3CCCCO3)cc2)s1. The van der Waals surface area contributed by atoms with Gasteiger partial charge in [-0.25, -0.2) is 4.79 Å². The first-order valence-electron chi connectivity index (χ1n) is 8.16. The number of ether oxygens (including phenoxy) is 2. The summed E-state index contributed by atoms with van der Waals surface area (Å²) in [5.74, 6) is 0.754. The molecular weight excluding hydrogens is 342 g/mol. The molecule has 1 aromatic carbocycles. The van der Waals surface area contributed by atoms with Crippen molar-refractivity contribution in [3.05, 3.63) is 29.3 Å². The Morgan fingerprint density at radius 2 is 2.16 bits per heavy atom. The first kappa shape index (κ1) is 17.4. The quantitative estimate of drug-likeness (QED) is 0.727. The fourth-order valence-corrected chi connectivity index (χ4v) is 2.98. The van der Waals surface area contributed by atoms with Crippen molar-refractivity contribution in [2.24, 2.45) is 0 Å². The molecule has 0 radical (unpaired) electrons. The minimum Gasteiger partial charge on any atom is -0.491 e. The lowest BCUT2D eigenvalue weighted by Gasteiger charge is -2.22. The predicted molar refractivity (Wildman–Crippen MR) is 95.7 cm³/mol. The summed E-state index contributed by atoms with van der Waals surface area (Å²) in [5, 5.41) is 14.0. The van der Waals surface area contributed by atoms with Crippen molar-refractivity contribution in [2.45, 2.75) is 31.9 Å². The van der Waals surface area contributed by atoms with Crippen LogP contribution in [0.3, 0.4) is 0 Å². The predicted octanol–water partition coefficient (Wildman–Crippen LogP) is 2.39. The third-order valence-electron chi connectivity index (χ3n) is 3.70. The zero-order chi connectivity index (χ0) is 17.5. The number of hydrogen-bond acceptors (Lipinski definition) is 7. The van der Waals surface area contributed by atoms with E-state index in [1.807, 2.05) is 12.1 Å². The molecule has 3 rings (SSSR count). The second kappa shape index (κ2) is 8.63. The number of nitrogens with two attached hydrogens (primary N) is 1. The molecule has 0 unspecified atom stereocenters. The van der Waals surface area contributed by atoms with Crippen LogP contribution in [0.25, 0.3) is 0 Å². The maximum Gasteiger partial charge on any atom is 0.319 e. The van der Waals surface area contributed by atoms with Crippen LogP contribution in [0.5, 0.6) is 5.75 Å². The first-order chi connectivity index (χ1) is 12.2. The summed E-state index contributed by atoms with van der Waals surface area (Å²) >= 11 is 1.24. The molecule has 8 nitrogen and oxygen atoms in total. The van der Waals surface area contributed by atoms with Crippen molar-refractivity contribution >= 4 is 28.2 Å². The van der Waals surface area contributed by atoms with Crippen LogP contribution >= 0.6 is 11.3 Å². The van der Waals surface area contributed by atoms with Gasteiger partial charge < -0.3 is 25.8 Å². The van der Waals surface area contributed by atoms with Gasteiger partial charge in [-0.15, -0.1) is 10.2 Å². The number of urea groups is 1. The summed E-state index contributed by atoms with van der Waals surface area (Å²) in [5.41, 5.74) is 6.17. The molecular formula is C16H21N5O3S. The average Bonchev–Trinajstić information content (AvgIpc) is 3.06.